The van der Waals surface area contributed by atoms with Crippen LogP contribution in [-0.4, -0.2) is 43.8 Å². The number of anilines is 1. The predicted molar refractivity (Wildman–Crippen MR) is 104 cm³/mol. The average molecular weight is 397 g/mol. The lowest BCUT2D eigenvalue weighted by atomic mass is 10.0. The van der Waals surface area contributed by atoms with Gasteiger partial charge in [0.25, 0.3) is 0 Å². The zero-order chi connectivity index (χ0) is 20.2. The largest absolute Gasteiger partial charge is 0.352 e. The highest BCUT2D eigenvalue weighted by Crippen LogP contribution is 2.26. The maximum Gasteiger partial charge on any atom is 0.312 e. The molecule has 2 rings (SSSR count). The maximum absolute atomic E-state index is 13.0. The second kappa shape index (κ2) is 8.71. The quantitative estimate of drug-likeness (QED) is 0.679. The summed E-state index contributed by atoms with van der Waals surface area (Å²) < 4.78 is 27.4. The summed E-state index contributed by atoms with van der Waals surface area (Å²) in [6, 6.07) is 3.17. The van der Waals surface area contributed by atoms with E-state index in [0.29, 0.717) is 24.3 Å². The Bertz CT molecular complexity index is 802. The number of nitrogens with zero attached hydrogens (tertiary/aromatic N) is 1. The molecule has 0 radical (unpaired) electrons. The number of nitrogens with two attached hydrogens (primary N) is 1. The van der Waals surface area contributed by atoms with Crippen LogP contribution in [0.15, 0.2) is 23.1 Å². The first-order valence-electron chi connectivity index (χ1n) is 9.10. The standard InChI is InChI=1S/C18H28N4O4S/c1-12(2)16(21-18(19)24)17(23)20-14-8-7-13(3)15(11-14)27(25,26)22-9-5-4-6-10-22/h7-8,11-12,16H,4-6,9-10H2,1-3H3,(H,20,23)(H3,19,21,24)/t16-/m0/s1. The minimum Gasteiger partial charge on any atom is -0.352 e. The van der Waals surface area contributed by atoms with Crippen LogP contribution in [-0.2, 0) is 14.8 Å². The highest BCUT2D eigenvalue weighted by atomic mass is 32.2. The Morgan fingerprint density at radius 2 is 1.78 bits per heavy atom. The summed E-state index contributed by atoms with van der Waals surface area (Å²) in [7, 11) is -3.61. The van der Waals surface area contributed by atoms with Gasteiger partial charge in [0.2, 0.25) is 15.9 Å². The molecule has 0 bridgehead atoms. The minimum atomic E-state index is -3.61. The lowest BCUT2D eigenvalue weighted by Crippen LogP contribution is -2.49. The summed E-state index contributed by atoms with van der Waals surface area (Å²) >= 11 is 0. The Hall–Kier alpha value is -2.13. The number of benzene rings is 1. The number of urea groups is 1. The Labute approximate surface area is 160 Å². The molecular formula is C18H28N4O4S. The number of sulfonamides is 1. The van der Waals surface area contributed by atoms with E-state index < -0.39 is 28.0 Å². The fourth-order valence-corrected chi connectivity index (χ4v) is 4.88. The molecule has 1 fully saturated rings. The first-order chi connectivity index (χ1) is 12.6. The summed E-state index contributed by atoms with van der Waals surface area (Å²) in [6.45, 7) is 6.31. The van der Waals surface area contributed by atoms with Crippen molar-refractivity contribution < 1.29 is 18.0 Å². The second-order valence-corrected chi connectivity index (χ2v) is 9.07. The molecule has 0 unspecified atom stereocenters. The van der Waals surface area contributed by atoms with Gasteiger partial charge in [-0.1, -0.05) is 26.3 Å². The van der Waals surface area contributed by atoms with E-state index >= 15 is 0 Å². The van der Waals surface area contributed by atoms with Crippen molar-refractivity contribution in [3.63, 3.8) is 0 Å². The molecule has 0 aromatic heterocycles. The minimum absolute atomic E-state index is 0.181. The van der Waals surface area contributed by atoms with Gasteiger partial charge in [-0.3, -0.25) is 4.79 Å². The molecule has 3 amide bonds. The Kier molecular flexibility index (Phi) is 6.83. The van der Waals surface area contributed by atoms with Gasteiger partial charge >= 0.3 is 6.03 Å². The summed E-state index contributed by atoms with van der Waals surface area (Å²) in [6.07, 6.45) is 2.73. The third-order valence-corrected chi connectivity index (χ3v) is 6.68. The Morgan fingerprint density at radius 3 is 2.33 bits per heavy atom. The van der Waals surface area contributed by atoms with Gasteiger partial charge < -0.3 is 16.4 Å². The normalized spacial score (nSPS) is 16.7. The van der Waals surface area contributed by atoms with Gasteiger partial charge in [0.15, 0.2) is 0 Å². The van der Waals surface area contributed by atoms with Gasteiger partial charge in [-0.2, -0.15) is 4.31 Å². The lowest BCUT2D eigenvalue weighted by Gasteiger charge is -2.27. The second-order valence-electron chi connectivity index (χ2n) is 7.16. The first kappa shape index (κ1) is 21.2. The van der Waals surface area contributed by atoms with Crippen molar-refractivity contribution in [2.45, 2.75) is 51.0 Å². The first-order valence-corrected chi connectivity index (χ1v) is 10.5. The summed E-state index contributed by atoms with van der Waals surface area (Å²) in [5.74, 6) is -0.631. The topological polar surface area (TPSA) is 122 Å². The van der Waals surface area contributed by atoms with Gasteiger partial charge in [0, 0.05) is 18.8 Å². The summed E-state index contributed by atoms with van der Waals surface area (Å²) in [5, 5.41) is 5.09. The molecule has 0 spiro atoms. The van der Waals surface area contributed by atoms with Crippen LogP contribution < -0.4 is 16.4 Å². The zero-order valence-electron chi connectivity index (χ0n) is 16.0. The molecule has 0 saturated carbocycles. The van der Waals surface area contributed by atoms with Crippen molar-refractivity contribution in [2.75, 3.05) is 18.4 Å². The van der Waals surface area contributed by atoms with Crippen LogP contribution in [0.5, 0.6) is 0 Å². The summed E-state index contributed by atoms with van der Waals surface area (Å²) in [5.41, 5.74) is 6.11. The van der Waals surface area contributed by atoms with Crippen LogP contribution in [0, 0.1) is 12.8 Å². The maximum atomic E-state index is 13.0. The van der Waals surface area contributed by atoms with Crippen LogP contribution in [0.2, 0.25) is 0 Å². The third-order valence-electron chi connectivity index (χ3n) is 4.64. The fourth-order valence-electron chi connectivity index (χ4n) is 3.11. The molecule has 1 aliphatic rings. The average Bonchev–Trinajstić information content (AvgIpc) is 2.61. The highest BCUT2D eigenvalue weighted by Gasteiger charge is 2.28. The molecule has 1 aromatic rings. The van der Waals surface area contributed by atoms with Crippen molar-refractivity contribution in [2.24, 2.45) is 11.7 Å². The van der Waals surface area contributed by atoms with E-state index in [1.807, 2.05) is 0 Å². The van der Waals surface area contributed by atoms with Gasteiger partial charge in [-0.05, 0) is 43.4 Å². The van der Waals surface area contributed by atoms with Crippen LogP contribution in [0.4, 0.5) is 10.5 Å². The van der Waals surface area contributed by atoms with E-state index in [9.17, 15) is 18.0 Å². The zero-order valence-corrected chi connectivity index (χ0v) is 16.8. The molecule has 1 atom stereocenters. The number of piperidine rings is 1. The van der Waals surface area contributed by atoms with Gasteiger partial charge in [-0.25, -0.2) is 13.2 Å². The highest BCUT2D eigenvalue weighted by molar-refractivity contribution is 7.89. The van der Waals surface area contributed by atoms with Crippen molar-refractivity contribution in [1.82, 2.24) is 9.62 Å². The number of carbonyl (C=O) groups is 2. The van der Waals surface area contributed by atoms with Crippen molar-refractivity contribution in [1.29, 1.82) is 0 Å². The van der Waals surface area contributed by atoms with E-state index in [2.05, 4.69) is 10.6 Å². The van der Waals surface area contributed by atoms with E-state index in [-0.39, 0.29) is 10.8 Å². The molecule has 1 aromatic carbocycles. The number of rotatable bonds is 6. The lowest BCUT2D eigenvalue weighted by molar-refractivity contribution is -0.118. The number of aryl methyl sites for hydroxylation is 1. The van der Waals surface area contributed by atoms with Gasteiger partial charge in [0.05, 0.1) is 4.90 Å². The Morgan fingerprint density at radius 1 is 1.15 bits per heavy atom. The number of carbonyl (C=O) groups excluding carboxylic acids is 2. The van der Waals surface area contributed by atoms with Crippen LogP contribution in [0.3, 0.4) is 0 Å². The van der Waals surface area contributed by atoms with Crippen molar-refractivity contribution in [3.8, 4) is 0 Å². The van der Waals surface area contributed by atoms with Gasteiger partial charge in [-0.15, -0.1) is 0 Å². The van der Waals surface area contributed by atoms with Crippen molar-refractivity contribution in [3.05, 3.63) is 23.8 Å². The van der Waals surface area contributed by atoms with Crippen molar-refractivity contribution >= 4 is 27.6 Å². The molecule has 4 N–H and O–H groups in total. The predicted octanol–water partition coefficient (Wildman–Crippen LogP) is 1.80. The van der Waals surface area contributed by atoms with Crippen LogP contribution >= 0.6 is 0 Å². The Balaban J connectivity index is 2.26. The number of hydrogen-bond acceptors (Lipinski definition) is 4. The molecular weight excluding hydrogens is 368 g/mol. The van der Waals surface area contributed by atoms with Crippen LogP contribution in [0.1, 0.15) is 38.7 Å². The molecule has 8 nitrogen and oxygen atoms in total. The van der Waals surface area contributed by atoms with E-state index in [0.717, 1.165) is 19.3 Å². The number of primary amides is 1. The van der Waals surface area contributed by atoms with Gasteiger partial charge in [0.1, 0.15) is 6.04 Å². The smallest absolute Gasteiger partial charge is 0.312 e. The monoisotopic (exact) mass is 396 g/mol. The third kappa shape index (κ3) is 5.20. The van der Waals surface area contributed by atoms with E-state index in [1.54, 1.807) is 32.9 Å². The molecule has 1 aliphatic heterocycles. The van der Waals surface area contributed by atoms with Crippen LogP contribution in [0.25, 0.3) is 0 Å². The summed E-state index contributed by atoms with van der Waals surface area (Å²) in [4.78, 5) is 23.8. The van der Waals surface area contributed by atoms with E-state index in [4.69, 9.17) is 5.73 Å². The number of amides is 3. The number of hydrogen-bond donors (Lipinski definition) is 3. The molecule has 9 heteroatoms. The SMILES string of the molecule is Cc1ccc(NC(=O)[C@@H](NC(N)=O)C(C)C)cc1S(=O)(=O)N1CCCCC1. The molecule has 27 heavy (non-hydrogen) atoms. The van der Waals surface area contributed by atoms with E-state index in [1.165, 1.54) is 10.4 Å². The molecule has 1 saturated heterocycles. The molecule has 0 aliphatic carbocycles. The molecule has 150 valence electrons. The molecule has 1 heterocycles. The fraction of sp³-hybridized carbons (Fsp3) is 0.556. The number of nitrogens with one attached hydrogen (secondary N) is 2.